The molecule has 82 valence electrons. The van der Waals surface area contributed by atoms with E-state index in [1.54, 1.807) is 6.07 Å². The number of halogens is 3. The van der Waals surface area contributed by atoms with Gasteiger partial charge in [-0.1, -0.05) is 24.3 Å². The number of hydrogen-bond acceptors (Lipinski definition) is 1. The molecule has 1 aromatic rings. The second kappa shape index (κ2) is 5.12. The Balaban J connectivity index is 0.00000128. The van der Waals surface area contributed by atoms with Gasteiger partial charge in [-0.05, 0) is 12.5 Å². The molecule has 16 heavy (non-hydrogen) atoms. The van der Waals surface area contributed by atoms with Crippen molar-refractivity contribution in [1.29, 1.82) is 0 Å². The zero-order valence-electron chi connectivity index (χ0n) is 9.34. The maximum Gasteiger partial charge on any atom is 1.00 e. The fourth-order valence-corrected chi connectivity index (χ4v) is 1.71. The van der Waals surface area contributed by atoms with Crippen molar-refractivity contribution in [2.75, 3.05) is 6.61 Å². The fraction of sp³-hybridized carbons (Fsp3) is 0.400. The first kappa shape index (κ1) is 14.7. The van der Waals surface area contributed by atoms with Gasteiger partial charge in [-0.25, -0.2) is 0 Å². The molecule has 0 radical (unpaired) electrons. The molecule has 1 unspecified atom stereocenters. The molecule has 1 atom stereocenters. The monoisotopic (exact) mass is 254 g/mol. The Morgan fingerprint density at radius 3 is 2.38 bits per heavy atom. The van der Waals surface area contributed by atoms with Crippen LogP contribution in [0.3, 0.4) is 0 Å². The first-order valence-corrected chi connectivity index (χ1v) is 4.86. The van der Waals surface area contributed by atoms with E-state index in [9.17, 15) is 12.9 Å². The van der Waals surface area contributed by atoms with Gasteiger partial charge in [-0.2, -0.15) is 0 Å². The van der Waals surface area contributed by atoms with Crippen LogP contribution in [0.25, 0.3) is 0 Å². The summed E-state index contributed by atoms with van der Waals surface area (Å²) in [5.74, 6) is 0. The molecule has 0 aliphatic carbocycles. The SMILES string of the molecule is CC1(c2cccc([B-](F)(F)F)c2)CCO1.[K+]. The van der Waals surface area contributed by atoms with Crippen LogP contribution in [0, 0.1) is 0 Å². The molecule has 1 heterocycles. The minimum Gasteiger partial charge on any atom is -0.445 e. The van der Waals surface area contributed by atoms with E-state index >= 15 is 0 Å². The first-order valence-electron chi connectivity index (χ1n) is 4.86. The van der Waals surface area contributed by atoms with Crippen LogP contribution in [0.4, 0.5) is 12.9 Å². The molecule has 0 aromatic heterocycles. The zero-order chi connectivity index (χ0) is 11.1. The quantitative estimate of drug-likeness (QED) is 0.639. The fourth-order valence-electron chi connectivity index (χ4n) is 1.71. The average Bonchev–Trinajstić information content (AvgIpc) is 2.13. The van der Waals surface area contributed by atoms with E-state index < -0.39 is 18.0 Å². The van der Waals surface area contributed by atoms with Crippen molar-refractivity contribution in [1.82, 2.24) is 0 Å². The van der Waals surface area contributed by atoms with Crippen molar-refractivity contribution < 1.29 is 69.1 Å². The van der Waals surface area contributed by atoms with Crippen molar-refractivity contribution in [3.05, 3.63) is 29.8 Å². The number of ether oxygens (including phenoxy) is 1. The van der Waals surface area contributed by atoms with Crippen molar-refractivity contribution in [3.8, 4) is 0 Å². The van der Waals surface area contributed by atoms with E-state index in [0.717, 1.165) is 12.5 Å². The Bertz CT molecular complexity index is 377. The summed E-state index contributed by atoms with van der Waals surface area (Å²) in [5, 5.41) is 0. The van der Waals surface area contributed by atoms with Crippen LogP contribution < -0.4 is 56.8 Å². The Labute approximate surface area is 135 Å². The normalized spacial score (nSPS) is 24.5. The van der Waals surface area contributed by atoms with Crippen molar-refractivity contribution in [2.24, 2.45) is 0 Å². The van der Waals surface area contributed by atoms with Crippen LogP contribution in [0.2, 0.25) is 0 Å². The van der Waals surface area contributed by atoms with Gasteiger partial charge in [0.1, 0.15) is 0 Å². The average molecular weight is 254 g/mol. The van der Waals surface area contributed by atoms with Gasteiger partial charge in [-0.15, -0.1) is 5.46 Å². The van der Waals surface area contributed by atoms with E-state index in [1.165, 1.54) is 12.1 Å². The molecule has 0 N–H and O–H groups in total. The van der Waals surface area contributed by atoms with Gasteiger partial charge in [-0.3, -0.25) is 0 Å². The van der Waals surface area contributed by atoms with Crippen LogP contribution in [-0.2, 0) is 10.3 Å². The largest absolute Gasteiger partial charge is 1.00 e. The third-order valence-corrected chi connectivity index (χ3v) is 2.87. The molecule has 2 rings (SSSR count). The van der Waals surface area contributed by atoms with E-state index in [4.69, 9.17) is 4.74 Å². The van der Waals surface area contributed by atoms with Crippen LogP contribution in [0.1, 0.15) is 18.9 Å². The summed E-state index contributed by atoms with van der Waals surface area (Å²) in [6.07, 6.45) is 0.779. The van der Waals surface area contributed by atoms with Gasteiger partial charge < -0.3 is 17.7 Å². The predicted octanol–water partition coefficient (Wildman–Crippen LogP) is -0.620. The maximum atomic E-state index is 12.5. The van der Waals surface area contributed by atoms with E-state index in [-0.39, 0.29) is 51.4 Å². The van der Waals surface area contributed by atoms with Crippen LogP contribution in [0.5, 0.6) is 0 Å². The molecule has 0 amide bonds. The molecular weight excluding hydrogens is 243 g/mol. The third-order valence-electron chi connectivity index (χ3n) is 2.87. The molecule has 0 bridgehead atoms. The molecule has 6 heteroatoms. The van der Waals surface area contributed by atoms with Gasteiger partial charge in [0.25, 0.3) is 0 Å². The summed E-state index contributed by atoms with van der Waals surface area (Å²) in [7, 11) is 0. The molecule has 1 fully saturated rings. The Morgan fingerprint density at radius 1 is 1.31 bits per heavy atom. The number of hydrogen-bond donors (Lipinski definition) is 0. The van der Waals surface area contributed by atoms with E-state index in [1.807, 2.05) is 6.92 Å². The summed E-state index contributed by atoms with van der Waals surface area (Å²) in [6.45, 7) is -2.47. The minimum atomic E-state index is -4.91. The molecule has 1 aliphatic rings. The zero-order valence-corrected chi connectivity index (χ0v) is 12.5. The van der Waals surface area contributed by atoms with Crippen molar-refractivity contribution >= 4 is 12.4 Å². The third kappa shape index (κ3) is 2.91. The van der Waals surface area contributed by atoms with Gasteiger partial charge in [0.15, 0.2) is 0 Å². The van der Waals surface area contributed by atoms with Crippen molar-refractivity contribution in [2.45, 2.75) is 18.9 Å². The Morgan fingerprint density at radius 2 is 1.94 bits per heavy atom. The summed E-state index contributed by atoms with van der Waals surface area (Å²) < 4.78 is 42.8. The smallest absolute Gasteiger partial charge is 0.445 e. The second-order valence-electron chi connectivity index (χ2n) is 4.03. The maximum absolute atomic E-state index is 12.5. The second-order valence-corrected chi connectivity index (χ2v) is 4.03. The predicted molar refractivity (Wildman–Crippen MR) is 53.1 cm³/mol. The van der Waals surface area contributed by atoms with Crippen LogP contribution in [-0.4, -0.2) is 13.6 Å². The summed E-state index contributed by atoms with van der Waals surface area (Å²) >= 11 is 0. The summed E-state index contributed by atoms with van der Waals surface area (Å²) in [6, 6.07) is 5.42. The van der Waals surface area contributed by atoms with Gasteiger partial charge in [0.2, 0.25) is 0 Å². The van der Waals surface area contributed by atoms with Gasteiger partial charge >= 0.3 is 58.4 Å². The molecule has 1 saturated heterocycles. The van der Waals surface area contributed by atoms with Gasteiger partial charge in [0, 0.05) is 6.42 Å². The number of benzene rings is 1. The molecule has 0 saturated carbocycles. The van der Waals surface area contributed by atoms with Crippen molar-refractivity contribution in [3.63, 3.8) is 0 Å². The summed E-state index contributed by atoms with van der Waals surface area (Å²) in [4.78, 5) is 0. The van der Waals surface area contributed by atoms with Crippen LogP contribution >= 0.6 is 0 Å². The van der Waals surface area contributed by atoms with Crippen LogP contribution in [0.15, 0.2) is 24.3 Å². The Kier molecular flexibility index (Phi) is 4.71. The number of rotatable bonds is 2. The van der Waals surface area contributed by atoms with E-state index in [0.29, 0.717) is 12.2 Å². The molecule has 1 nitrogen and oxygen atoms in total. The molecule has 0 spiro atoms. The first-order chi connectivity index (χ1) is 6.92. The minimum absolute atomic E-state index is 0. The standard InChI is InChI=1S/C10H11BF3O.K/c1-10(5-6-15-10)8-3-2-4-9(7-8)11(12,13)14;/h2-4,7H,5-6H2,1H3;/q-1;+1. The van der Waals surface area contributed by atoms with E-state index in [2.05, 4.69) is 0 Å². The topological polar surface area (TPSA) is 9.23 Å². The molecule has 1 aromatic carbocycles. The molecule has 1 aliphatic heterocycles. The summed E-state index contributed by atoms with van der Waals surface area (Å²) in [5.41, 5.74) is -0.452. The molecular formula is C10H11BF3KO. The van der Waals surface area contributed by atoms with Gasteiger partial charge in [0.05, 0.1) is 12.2 Å². The Hall–Kier alpha value is 0.671.